The molecule has 5 aliphatic carbocycles. The Morgan fingerprint density at radius 2 is 1.50 bits per heavy atom. The van der Waals surface area contributed by atoms with Gasteiger partial charge in [0.1, 0.15) is 5.92 Å². The Labute approximate surface area is 229 Å². The van der Waals surface area contributed by atoms with Gasteiger partial charge in [-0.1, -0.05) is 60.1 Å². The molecule has 0 amide bonds. The third-order valence-corrected chi connectivity index (χ3v) is 13.4. The van der Waals surface area contributed by atoms with Gasteiger partial charge in [0.05, 0.1) is 19.6 Å². The Bertz CT molecular complexity index is 1080. The fourth-order valence-electron chi connectivity index (χ4n) is 11.1. The minimum absolute atomic E-state index is 0.0163. The molecule has 0 heterocycles. The van der Waals surface area contributed by atoms with Crippen LogP contribution in [-0.2, 0) is 23.9 Å². The van der Waals surface area contributed by atoms with Gasteiger partial charge in [0, 0.05) is 5.41 Å². The average molecular weight is 527 g/mol. The van der Waals surface area contributed by atoms with Gasteiger partial charge < -0.3 is 9.47 Å². The maximum Gasteiger partial charge on any atom is 0.316 e. The molecule has 4 fully saturated rings. The summed E-state index contributed by atoms with van der Waals surface area (Å²) < 4.78 is 10.6. The van der Waals surface area contributed by atoms with E-state index in [0.29, 0.717) is 12.3 Å². The molecule has 4 saturated carbocycles. The Balaban J connectivity index is 1.61. The first-order valence-corrected chi connectivity index (χ1v) is 15.0. The van der Waals surface area contributed by atoms with E-state index in [2.05, 4.69) is 54.5 Å². The van der Waals surface area contributed by atoms with Crippen molar-refractivity contribution in [2.45, 2.75) is 106 Å². The molecular formula is C33H50O5. The predicted octanol–water partition coefficient (Wildman–Crippen LogP) is 6.93. The van der Waals surface area contributed by atoms with Crippen LogP contribution < -0.4 is 0 Å². The lowest BCUT2D eigenvalue weighted by Gasteiger charge is -2.70. The minimum Gasteiger partial charge on any atom is -0.469 e. The largest absolute Gasteiger partial charge is 0.469 e. The molecule has 5 nitrogen and oxygen atoms in total. The van der Waals surface area contributed by atoms with Crippen molar-refractivity contribution in [3.63, 3.8) is 0 Å². The summed E-state index contributed by atoms with van der Waals surface area (Å²) in [6.07, 6.45) is 11.0. The van der Waals surface area contributed by atoms with Crippen molar-refractivity contribution in [3.05, 3.63) is 11.6 Å². The predicted molar refractivity (Wildman–Crippen MR) is 147 cm³/mol. The van der Waals surface area contributed by atoms with E-state index in [4.69, 9.17) is 9.47 Å². The Kier molecular flexibility index (Phi) is 6.19. The zero-order chi connectivity index (χ0) is 28.1. The Morgan fingerprint density at radius 3 is 2.13 bits per heavy atom. The summed E-state index contributed by atoms with van der Waals surface area (Å²) in [4.78, 5) is 39.8. The summed E-state index contributed by atoms with van der Waals surface area (Å²) in [7, 11) is 2.96. The maximum atomic E-state index is 13.6. The Morgan fingerprint density at radius 1 is 0.842 bits per heavy atom. The van der Waals surface area contributed by atoms with E-state index in [1.165, 1.54) is 12.7 Å². The molecule has 5 heteroatoms. The molecule has 0 radical (unpaired) electrons. The minimum atomic E-state index is -0.686. The van der Waals surface area contributed by atoms with Crippen molar-refractivity contribution >= 4 is 17.7 Å². The fourth-order valence-corrected chi connectivity index (χ4v) is 11.1. The molecule has 5 aliphatic rings. The van der Waals surface area contributed by atoms with Crippen LogP contribution in [0.1, 0.15) is 106 Å². The van der Waals surface area contributed by atoms with Gasteiger partial charge in [0.2, 0.25) is 0 Å². The number of ketones is 1. The van der Waals surface area contributed by atoms with Crippen LogP contribution in [0.4, 0.5) is 0 Å². The average Bonchev–Trinajstić information content (AvgIpc) is 2.85. The lowest BCUT2D eigenvalue weighted by Crippen LogP contribution is -2.66. The highest BCUT2D eigenvalue weighted by atomic mass is 16.5. The van der Waals surface area contributed by atoms with Crippen LogP contribution in [0.2, 0.25) is 0 Å². The van der Waals surface area contributed by atoms with Gasteiger partial charge in [-0.25, -0.2) is 0 Å². The zero-order valence-electron chi connectivity index (χ0n) is 25.3. The second-order valence-corrected chi connectivity index (χ2v) is 15.7. The van der Waals surface area contributed by atoms with Gasteiger partial charge >= 0.3 is 11.9 Å². The van der Waals surface area contributed by atoms with E-state index in [-0.39, 0.29) is 51.2 Å². The Hall–Kier alpha value is -1.65. The summed E-state index contributed by atoms with van der Waals surface area (Å²) in [6.45, 7) is 16.2. The van der Waals surface area contributed by atoms with Crippen molar-refractivity contribution in [1.82, 2.24) is 0 Å². The van der Waals surface area contributed by atoms with E-state index in [1.54, 1.807) is 7.11 Å². The summed E-state index contributed by atoms with van der Waals surface area (Å²) in [5, 5.41) is 0. The van der Waals surface area contributed by atoms with Crippen molar-refractivity contribution in [2.75, 3.05) is 14.2 Å². The van der Waals surface area contributed by atoms with Gasteiger partial charge in [-0.3, -0.25) is 14.4 Å². The highest BCUT2D eigenvalue weighted by Crippen LogP contribution is 2.75. The zero-order valence-corrected chi connectivity index (χ0v) is 25.3. The van der Waals surface area contributed by atoms with Crippen molar-refractivity contribution in [2.24, 2.45) is 56.2 Å². The molecule has 0 aromatic carbocycles. The van der Waals surface area contributed by atoms with Crippen LogP contribution >= 0.6 is 0 Å². The summed E-state index contributed by atoms with van der Waals surface area (Å²) in [5.74, 6) is -0.202. The van der Waals surface area contributed by atoms with E-state index < -0.39 is 16.7 Å². The third-order valence-electron chi connectivity index (χ3n) is 13.4. The molecule has 38 heavy (non-hydrogen) atoms. The first-order valence-electron chi connectivity index (χ1n) is 15.0. The molecule has 0 aliphatic heterocycles. The van der Waals surface area contributed by atoms with Crippen LogP contribution in [0.25, 0.3) is 0 Å². The molecule has 8 unspecified atom stereocenters. The van der Waals surface area contributed by atoms with Crippen molar-refractivity contribution in [1.29, 1.82) is 0 Å². The van der Waals surface area contributed by atoms with Gasteiger partial charge in [0.15, 0.2) is 5.78 Å². The number of methoxy groups -OCH3 is 2. The number of rotatable bonds is 2. The topological polar surface area (TPSA) is 69.7 Å². The van der Waals surface area contributed by atoms with E-state index in [0.717, 1.165) is 51.4 Å². The van der Waals surface area contributed by atoms with Crippen LogP contribution in [0.5, 0.6) is 0 Å². The number of hydrogen-bond acceptors (Lipinski definition) is 5. The monoisotopic (exact) mass is 526 g/mol. The van der Waals surface area contributed by atoms with E-state index in [9.17, 15) is 14.4 Å². The number of hydrogen-bond donors (Lipinski definition) is 0. The normalized spacial score (nSPS) is 46.9. The molecule has 0 aromatic rings. The molecule has 5 rings (SSSR count). The van der Waals surface area contributed by atoms with Crippen LogP contribution in [0.3, 0.4) is 0 Å². The second-order valence-electron chi connectivity index (χ2n) is 15.7. The quantitative estimate of drug-likeness (QED) is 0.222. The first-order chi connectivity index (χ1) is 17.5. The standard InChI is InChI=1S/C33H50O5/c1-28(2)14-16-33(27(36)38-9)17-15-31(6)21(22(33)19-28)10-11-24-30(5)18-20(26(35)37-8)25(34)29(3,4)23(30)12-13-32(24,31)7/h10,20,22-24H,11-19H2,1-9H3. The SMILES string of the molecule is COC(=O)C1CC2(C)C(CCC3(C)C2CC=C2C4CC(C)(C)CCC4(C(=O)OC)CCC23C)C(C)(C)C1=O. The first kappa shape index (κ1) is 27.9. The van der Waals surface area contributed by atoms with Crippen LogP contribution in [-0.4, -0.2) is 31.9 Å². The molecule has 212 valence electrons. The molecule has 8 atom stereocenters. The fraction of sp³-hybridized carbons (Fsp3) is 0.848. The molecule has 0 N–H and O–H groups in total. The smallest absolute Gasteiger partial charge is 0.316 e. The lowest BCUT2D eigenvalue weighted by molar-refractivity contribution is -0.199. The molecule has 0 bridgehead atoms. The number of esters is 2. The van der Waals surface area contributed by atoms with Gasteiger partial charge in [-0.2, -0.15) is 0 Å². The maximum absolute atomic E-state index is 13.6. The highest BCUT2D eigenvalue weighted by Gasteiger charge is 2.70. The lowest BCUT2D eigenvalue weighted by atomic mass is 9.33. The number of fused-ring (bicyclic) bond motifs is 7. The van der Waals surface area contributed by atoms with Gasteiger partial charge in [-0.05, 0) is 97.2 Å². The van der Waals surface area contributed by atoms with Crippen LogP contribution in [0, 0.1) is 56.2 Å². The summed E-state index contributed by atoms with van der Waals surface area (Å²) >= 11 is 0. The van der Waals surface area contributed by atoms with E-state index in [1.807, 2.05) is 0 Å². The number of carbonyl (C=O) groups is 3. The van der Waals surface area contributed by atoms with Crippen molar-refractivity contribution < 1.29 is 23.9 Å². The molecule has 0 aromatic heterocycles. The molecular weight excluding hydrogens is 476 g/mol. The number of Topliss-reactive ketones (excluding diaryl/α,β-unsaturated/α-hetero) is 1. The van der Waals surface area contributed by atoms with Gasteiger partial charge in [-0.15, -0.1) is 0 Å². The molecule has 0 saturated heterocycles. The van der Waals surface area contributed by atoms with Gasteiger partial charge in [0.25, 0.3) is 0 Å². The highest BCUT2D eigenvalue weighted by molar-refractivity contribution is 6.02. The number of carbonyl (C=O) groups excluding carboxylic acids is 3. The molecule has 0 spiro atoms. The number of ether oxygens (including phenoxy) is 2. The summed E-state index contributed by atoms with van der Waals surface area (Å²) in [6, 6.07) is 0. The van der Waals surface area contributed by atoms with Crippen molar-refractivity contribution in [3.8, 4) is 0 Å². The van der Waals surface area contributed by atoms with E-state index >= 15 is 0 Å². The third kappa shape index (κ3) is 3.38. The second kappa shape index (κ2) is 8.43. The number of allylic oxidation sites excluding steroid dienone is 2. The van der Waals surface area contributed by atoms with Crippen LogP contribution in [0.15, 0.2) is 11.6 Å². The summed E-state index contributed by atoms with van der Waals surface area (Å²) in [5.41, 5.74) is 0.599.